The van der Waals surface area contributed by atoms with E-state index in [0.717, 1.165) is 29.7 Å². The van der Waals surface area contributed by atoms with Gasteiger partial charge in [-0.2, -0.15) is 4.57 Å². The first kappa shape index (κ1) is 19.4. The number of aryl methyl sites for hydroxylation is 1. The Morgan fingerprint density at radius 3 is 2.48 bits per heavy atom. The van der Waals surface area contributed by atoms with Crippen molar-refractivity contribution >= 4 is 7.60 Å². The molecular weight excluding hydrogens is 359 g/mol. The van der Waals surface area contributed by atoms with Crippen LogP contribution in [0.2, 0.25) is 0 Å². The number of pyridine rings is 2. The van der Waals surface area contributed by atoms with Crippen molar-refractivity contribution in [1.82, 2.24) is 4.98 Å². The fourth-order valence-electron chi connectivity index (χ4n) is 3.12. The number of benzene rings is 1. The van der Waals surface area contributed by atoms with E-state index in [1.54, 1.807) is 19.3 Å². The minimum atomic E-state index is -4.30. The highest BCUT2D eigenvalue weighted by atomic mass is 31.2. The van der Waals surface area contributed by atoms with Crippen LogP contribution in [0, 0.1) is 0 Å². The summed E-state index contributed by atoms with van der Waals surface area (Å²) in [6.07, 6.45) is 7.30. The van der Waals surface area contributed by atoms with Crippen molar-refractivity contribution < 1.29 is 18.9 Å². The highest BCUT2D eigenvalue weighted by molar-refractivity contribution is 7.52. The lowest BCUT2D eigenvalue weighted by molar-refractivity contribution is -0.604. The molecule has 0 amide bonds. The monoisotopic (exact) mass is 383 g/mol. The maximum atomic E-state index is 12.0. The zero-order chi connectivity index (χ0) is 19.4. The van der Waals surface area contributed by atoms with Crippen molar-refractivity contribution in [3.8, 4) is 16.8 Å². The van der Waals surface area contributed by atoms with Gasteiger partial charge in [0.2, 0.25) is 11.4 Å². The zero-order valence-corrected chi connectivity index (χ0v) is 16.4. The van der Waals surface area contributed by atoms with Crippen LogP contribution in [0.4, 0.5) is 0 Å². The molecule has 0 aliphatic rings. The van der Waals surface area contributed by atoms with E-state index in [9.17, 15) is 14.4 Å². The van der Waals surface area contributed by atoms with Crippen molar-refractivity contribution in [2.75, 3.05) is 0 Å². The van der Waals surface area contributed by atoms with Crippen LogP contribution in [0.3, 0.4) is 0 Å². The van der Waals surface area contributed by atoms with Crippen LogP contribution in [0.1, 0.15) is 37.2 Å². The van der Waals surface area contributed by atoms with Crippen LogP contribution in [0.25, 0.3) is 16.8 Å². The fraction of sp³-hybridized carbons (Fsp3) is 0.238. The molecule has 2 aromatic heterocycles. The highest BCUT2D eigenvalue weighted by Crippen LogP contribution is 2.50. The molecule has 27 heavy (non-hydrogen) atoms. The lowest BCUT2D eigenvalue weighted by atomic mass is 10.1. The predicted molar refractivity (Wildman–Crippen MR) is 106 cm³/mol. The van der Waals surface area contributed by atoms with Crippen molar-refractivity contribution in [1.29, 1.82) is 0 Å². The maximum Gasteiger partial charge on any atom is 0.338 e. The van der Waals surface area contributed by atoms with Gasteiger partial charge in [-0.3, -0.25) is 9.55 Å². The van der Waals surface area contributed by atoms with E-state index in [1.165, 1.54) is 5.56 Å². The molecule has 3 aromatic rings. The van der Waals surface area contributed by atoms with Crippen molar-refractivity contribution in [2.45, 2.75) is 32.3 Å². The molecule has 1 atom stereocenters. The largest absolute Gasteiger partial charge is 0.338 e. The van der Waals surface area contributed by atoms with Crippen LogP contribution in [0.5, 0.6) is 0 Å². The average Bonchev–Trinajstić information content (AvgIpc) is 2.67. The second kappa shape index (κ2) is 8.13. The van der Waals surface area contributed by atoms with Gasteiger partial charge in [0.1, 0.15) is 5.66 Å². The van der Waals surface area contributed by atoms with Crippen LogP contribution < -0.4 is 4.57 Å². The van der Waals surface area contributed by atoms with Gasteiger partial charge in [0, 0.05) is 36.7 Å². The van der Waals surface area contributed by atoms with Gasteiger partial charge >= 0.3 is 7.60 Å². The Morgan fingerprint density at radius 2 is 1.81 bits per heavy atom. The molecule has 5 nitrogen and oxygen atoms in total. The molecular formula is C21H24N2O3P+. The summed E-state index contributed by atoms with van der Waals surface area (Å²) in [5, 5.41) is 0. The minimum absolute atomic E-state index is 0.575. The highest BCUT2D eigenvalue weighted by Gasteiger charge is 2.34. The molecule has 2 N–H and O–H groups in total. The third-order valence-corrected chi connectivity index (χ3v) is 5.93. The van der Waals surface area contributed by atoms with Gasteiger partial charge in [-0.1, -0.05) is 25.5 Å². The lowest BCUT2D eigenvalue weighted by Crippen LogP contribution is -2.36. The van der Waals surface area contributed by atoms with E-state index < -0.39 is 13.3 Å². The maximum absolute atomic E-state index is 12.0. The molecule has 0 saturated carbocycles. The molecule has 0 aliphatic carbocycles. The van der Waals surface area contributed by atoms with Crippen LogP contribution >= 0.6 is 7.60 Å². The van der Waals surface area contributed by atoms with Gasteiger partial charge < -0.3 is 9.79 Å². The Balaban J connectivity index is 2.16. The summed E-state index contributed by atoms with van der Waals surface area (Å²) in [5.74, 6) is 0. The summed E-state index contributed by atoms with van der Waals surface area (Å²) in [4.78, 5) is 23.6. The molecule has 1 aromatic carbocycles. The summed E-state index contributed by atoms with van der Waals surface area (Å²) < 4.78 is 13.9. The number of hydrogen-bond acceptors (Lipinski definition) is 2. The van der Waals surface area contributed by atoms with E-state index in [1.807, 2.05) is 47.2 Å². The summed E-state index contributed by atoms with van der Waals surface area (Å²) in [6, 6.07) is 15.7. The van der Waals surface area contributed by atoms with E-state index in [0.29, 0.717) is 5.69 Å². The molecule has 3 rings (SSSR count). The Kier molecular flexibility index (Phi) is 5.85. The lowest BCUT2D eigenvalue weighted by Gasteiger charge is -2.14. The number of nitrogens with zero attached hydrogens (tertiary/aromatic N) is 2. The molecule has 1 unspecified atom stereocenters. The molecule has 140 valence electrons. The van der Waals surface area contributed by atoms with E-state index in [2.05, 4.69) is 24.0 Å². The van der Waals surface area contributed by atoms with Crippen molar-refractivity contribution in [3.63, 3.8) is 0 Å². The molecule has 0 spiro atoms. The predicted octanol–water partition coefficient (Wildman–Crippen LogP) is 4.22. The number of rotatable bonds is 6. The Labute approximate surface area is 159 Å². The number of aromatic nitrogens is 2. The van der Waals surface area contributed by atoms with E-state index in [-0.39, 0.29) is 0 Å². The Morgan fingerprint density at radius 1 is 1.07 bits per heavy atom. The van der Waals surface area contributed by atoms with Gasteiger partial charge in [-0.25, -0.2) is 0 Å². The molecule has 0 bridgehead atoms. The summed E-state index contributed by atoms with van der Waals surface area (Å²) in [5.41, 5.74) is 3.61. The molecule has 6 heteroatoms. The van der Waals surface area contributed by atoms with Gasteiger partial charge in [-0.15, -0.1) is 0 Å². The van der Waals surface area contributed by atoms with E-state index >= 15 is 0 Å². The summed E-state index contributed by atoms with van der Waals surface area (Å²) >= 11 is 0. The SMILES string of the molecule is CCCc1cccc(-[n+]2ccc(-c3ccncc3)cc2C(C)P(=O)(O)O)c1. The minimum Gasteiger partial charge on any atom is -0.324 e. The quantitative estimate of drug-likeness (QED) is 0.494. The van der Waals surface area contributed by atoms with Gasteiger partial charge in [0.05, 0.1) is 0 Å². The molecule has 0 aliphatic heterocycles. The normalized spacial score (nSPS) is 12.7. The van der Waals surface area contributed by atoms with E-state index in [4.69, 9.17) is 0 Å². The molecule has 0 fully saturated rings. The smallest absolute Gasteiger partial charge is 0.324 e. The second-order valence-electron chi connectivity index (χ2n) is 6.63. The molecule has 0 radical (unpaired) electrons. The fourth-order valence-corrected chi connectivity index (χ4v) is 3.67. The standard InChI is InChI=1S/C21H23N2O3P/c1-3-5-17-6-4-7-20(14-17)23-13-10-19(18-8-11-22-12-9-18)15-21(23)16(2)27(24,25)26/h4,6-16H,3,5H2,1-2H3,(H-,24,25,26)/p+1. The first-order valence-electron chi connectivity index (χ1n) is 9.00. The molecule has 0 saturated heterocycles. The third kappa shape index (κ3) is 4.51. The Bertz CT molecular complexity index is 970. The van der Waals surface area contributed by atoms with Crippen LogP contribution in [0.15, 0.2) is 67.1 Å². The first-order chi connectivity index (χ1) is 12.9. The van der Waals surface area contributed by atoms with Crippen molar-refractivity contribution in [2.24, 2.45) is 0 Å². The van der Waals surface area contributed by atoms with Gasteiger partial charge in [-0.05, 0) is 42.2 Å². The second-order valence-corrected chi connectivity index (χ2v) is 8.58. The average molecular weight is 383 g/mol. The van der Waals surface area contributed by atoms with Crippen molar-refractivity contribution in [3.05, 3.63) is 78.4 Å². The number of hydrogen-bond donors (Lipinski definition) is 2. The topological polar surface area (TPSA) is 74.3 Å². The van der Waals surface area contributed by atoms with Crippen LogP contribution in [-0.4, -0.2) is 14.8 Å². The molecule has 2 heterocycles. The zero-order valence-electron chi connectivity index (χ0n) is 15.5. The van der Waals surface area contributed by atoms with Gasteiger partial charge in [0.15, 0.2) is 6.20 Å². The van der Waals surface area contributed by atoms with Crippen LogP contribution in [-0.2, 0) is 11.0 Å². The summed E-state index contributed by atoms with van der Waals surface area (Å²) in [7, 11) is -4.30. The Hall–Kier alpha value is -2.33. The summed E-state index contributed by atoms with van der Waals surface area (Å²) in [6.45, 7) is 3.70. The first-order valence-corrected chi connectivity index (χ1v) is 10.7. The van der Waals surface area contributed by atoms with Gasteiger partial charge in [0.25, 0.3) is 0 Å². The third-order valence-electron chi connectivity index (χ3n) is 4.66.